The van der Waals surface area contributed by atoms with Crippen LogP contribution in [0.4, 0.5) is 0 Å². The van der Waals surface area contributed by atoms with Crippen molar-refractivity contribution < 1.29 is 9.90 Å². The van der Waals surface area contributed by atoms with Gasteiger partial charge in [0.25, 0.3) is 0 Å². The Bertz CT molecular complexity index is 714. The molecule has 1 unspecified atom stereocenters. The average Bonchev–Trinajstić information content (AvgIpc) is 3.13. The second-order valence-electron chi connectivity index (χ2n) is 6.35. The zero-order chi connectivity index (χ0) is 17.2. The van der Waals surface area contributed by atoms with Crippen LogP contribution in [0.25, 0.3) is 0 Å². The molecule has 1 saturated heterocycles. The number of halogens is 1. The number of rotatable bonds is 5. The van der Waals surface area contributed by atoms with Crippen LogP contribution in [0.2, 0.25) is 5.02 Å². The summed E-state index contributed by atoms with van der Waals surface area (Å²) in [6.45, 7) is 1.46. The molecule has 0 spiro atoms. The Morgan fingerprint density at radius 1 is 1.50 bits per heavy atom. The van der Waals surface area contributed by atoms with Gasteiger partial charge in [-0.1, -0.05) is 11.6 Å². The lowest BCUT2D eigenvalue weighted by Crippen LogP contribution is -2.51. The van der Waals surface area contributed by atoms with Gasteiger partial charge in [-0.3, -0.25) is 9.48 Å². The van der Waals surface area contributed by atoms with Crippen LogP contribution < -0.4 is 0 Å². The quantitative estimate of drug-likeness (QED) is 0.853. The minimum absolute atomic E-state index is 0.0118. The van der Waals surface area contributed by atoms with Gasteiger partial charge in [0.05, 0.1) is 16.8 Å². The highest BCUT2D eigenvalue weighted by molar-refractivity contribution is 6.30. The molecule has 1 atom stereocenters. The van der Waals surface area contributed by atoms with Gasteiger partial charge in [-0.15, -0.1) is 10.2 Å². The van der Waals surface area contributed by atoms with Crippen LogP contribution in [0.1, 0.15) is 25.1 Å². The standard InChI is InChI=1S/C15H21ClN6O2/c1-20-11-17-19-13(20)7-15(24)4-2-5-21(10-15)14(23)3-6-22-9-12(16)8-18-22/h8-9,11,24H,2-7,10H2,1H3. The van der Waals surface area contributed by atoms with Gasteiger partial charge >= 0.3 is 0 Å². The maximum absolute atomic E-state index is 12.4. The van der Waals surface area contributed by atoms with Crippen molar-refractivity contribution in [3.63, 3.8) is 0 Å². The zero-order valence-corrected chi connectivity index (χ0v) is 14.4. The highest BCUT2D eigenvalue weighted by Crippen LogP contribution is 2.25. The molecular weight excluding hydrogens is 332 g/mol. The molecule has 9 heteroatoms. The first-order chi connectivity index (χ1) is 11.5. The summed E-state index contributed by atoms with van der Waals surface area (Å²) in [5.41, 5.74) is -0.955. The minimum atomic E-state index is -0.955. The van der Waals surface area contributed by atoms with E-state index >= 15 is 0 Å². The Morgan fingerprint density at radius 2 is 2.33 bits per heavy atom. The minimum Gasteiger partial charge on any atom is -0.388 e. The zero-order valence-electron chi connectivity index (χ0n) is 13.6. The van der Waals surface area contributed by atoms with Gasteiger partial charge in [0.2, 0.25) is 5.91 Å². The summed E-state index contributed by atoms with van der Waals surface area (Å²) in [6, 6.07) is 0. The van der Waals surface area contributed by atoms with Crippen molar-refractivity contribution in [1.82, 2.24) is 29.4 Å². The number of β-amino-alcohol motifs (C(OH)–C–C–N with tert-alkyl or cyclic N) is 1. The molecule has 130 valence electrons. The van der Waals surface area contributed by atoms with Crippen LogP contribution in [0.3, 0.4) is 0 Å². The van der Waals surface area contributed by atoms with Crippen molar-refractivity contribution in [2.24, 2.45) is 7.05 Å². The molecule has 1 aliphatic rings. The summed E-state index contributed by atoms with van der Waals surface area (Å²) < 4.78 is 3.44. The molecule has 0 saturated carbocycles. The molecule has 0 radical (unpaired) electrons. The molecular formula is C15H21ClN6O2. The number of carbonyl (C=O) groups is 1. The largest absolute Gasteiger partial charge is 0.388 e. The van der Waals surface area contributed by atoms with Gasteiger partial charge in [0.1, 0.15) is 12.2 Å². The fraction of sp³-hybridized carbons (Fsp3) is 0.600. The molecule has 3 heterocycles. The number of carbonyl (C=O) groups excluding carboxylic acids is 1. The maximum Gasteiger partial charge on any atom is 0.224 e. The summed E-state index contributed by atoms with van der Waals surface area (Å²) in [7, 11) is 1.85. The third-order valence-corrected chi connectivity index (χ3v) is 4.55. The van der Waals surface area contributed by atoms with Crippen molar-refractivity contribution in [3.05, 3.63) is 29.6 Å². The van der Waals surface area contributed by atoms with Crippen molar-refractivity contribution >= 4 is 17.5 Å². The molecule has 2 aromatic heterocycles. The van der Waals surface area contributed by atoms with E-state index in [2.05, 4.69) is 15.3 Å². The second kappa shape index (κ2) is 6.90. The topological polar surface area (TPSA) is 89.1 Å². The van der Waals surface area contributed by atoms with Crippen LogP contribution in [0.5, 0.6) is 0 Å². The van der Waals surface area contributed by atoms with E-state index in [1.807, 2.05) is 7.05 Å². The first-order valence-electron chi connectivity index (χ1n) is 7.96. The Kier molecular flexibility index (Phi) is 4.86. The molecule has 0 aliphatic carbocycles. The summed E-state index contributed by atoms with van der Waals surface area (Å²) >= 11 is 5.82. The number of piperidine rings is 1. The molecule has 8 nitrogen and oxygen atoms in total. The van der Waals surface area contributed by atoms with Gasteiger partial charge in [-0.2, -0.15) is 5.10 Å². The highest BCUT2D eigenvalue weighted by atomic mass is 35.5. The fourth-order valence-electron chi connectivity index (χ4n) is 3.06. The first kappa shape index (κ1) is 16.9. The Labute approximate surface area is 145 Å². The molecule has 1 aliphatic heterocycles. The SMILES string of the molecule is Cn1cnnc1CC1(O)CCCN(C(=O)CCn2cc(Cl)cn2)C1. The van der Waals surface area contributed by atoms with Crippen molar-refractivity contribution in [2.75, 3.05) is 13.1 Å². The smallest absolute Gasteiger partial charge is 0.224 e. The number of aliphatic hydroxyl groups is 1. The van der Waals surface area contributed by atoms with E-state index in [0.717, 1.165) is 12.2 Å². The summed E-state index contributed by atoms with van der Waals surface area (Å²) in [6.07, 6.45) is 6.99. The molecule has 2 aromatic rings. The molecule has 1 fully saturated rings. The number of hydrogen-bond acceptors (Lipinski definition) is 5. The normalized spacial score (nSPS) is 21.2. The predicted octanol–water partition coefficient (Wildman–Crippen LogP) is 0.651. The van der Waals surface area contributed by atoms with Crippen LogP contribution in [-0.2, 0) is 24.8 Å². The van der Waals surface area contributed by atoms with E-state index in [1.54, 1.807) is 32.9 Å². The average molecular weight is 353 g/mol. The van der Waals surface area contributed by atoms with Crippen LogP contribution >= 0.6 is 11.6 Å². The van der Waals surface area contributed by atoms with E-state index in [9.17, 15) is 9.90 Å². The number of amides is 1. The van der Waals surface area contributed by atoms with Gasteiger partial charge in [-0.05, 0) is 12.8 Å². The van der Waals surface area contributed by atoms with Crippen molar-refractivity contribution in [1.29, 1.82) is 0 Å². The maximum atomic E-state index is 12.4. The number of aryl methyl sites for hydroxylation is 2. The van der Waals surface area contributed by atoms with E-state index in [-0.39, 0.29) is 5.91 Å². The van der Waals surface area contributed by atoms with Crippen LogP contribution in [-0.4, -0.2) is 59.1 Å². The summed E-state index contributed by atoms with van der Waals surface area (Å²) in [4.78, 5) is 14.2. The van der Waals surface area contributed by atoms with Crippen molar-refractivity contribution in [2.45, 2.75) is 37.8 Å². The van der Waals surface area contributed by atoms with Gasteiger partial charge in [-0.25, -0.2) is 0 Å². The van der Waals surface area contributed by atoms with Crippen molar-refractivity contribution in [3.8, 4) is 0 Å². The van der Waals surface area contributed by atoms with E-state index in [4.69, 9.17) is 11.6 Å². The van der Waals surface area contributed by atoms with Crippen LogP contribution in [0.15, 0.2) is 18.7 Å². The predicted molar refractivity (Wildman–Crippen MR) is 87.3 cm³/mol. The highest BCUT2D eigenvalue weighted by Gasteiger charge is 2.36. The monoisotopic (exact) mass is 352 g/mol. The van der Waals surface area contributed by atoms with Gasteiger partial charge < -0.3 is 14.6 Å². The van der Waals surface area contributed by atoms with E-state index in [0.29, 0.717) is 43.9 Å². The number of nitrogens with zero attached hydrogens (tertiary/aromatic N) is 6. The second-order valence-corrected chi connectivity index (χ2v) is 6.79. The number of aromatic nitrogens is 5. The first-order valence-corrected chi connectivity index (χ1v) is 8.34. The Balaban J connectivity index is 1.58. The molecule has 0 bridgehead atoms. The summed E-state index contributed by atoms with van der Waals surface area (Å²) in [5.74, 6) is 0.732. The molecule has 1 amide bonds. The van der Waals surface area contributed by atoms with Crippen LogP contribution in [0, 0.1) is 0 Å². The lowest BCUT2D eigenvalue weighted by molar-refractivity contribution is -0.138. The lowest BCUT2D eigenvalue weighted by atomic mass is 9.89. The fourth-order valence-corrected chi connectivity index (χ4v) is 3.22. The molecule has 3 rings (SSSR count). The third-order valence-electron chi connectivity index (χ3n) is 4.36. The Hall–Kier alpha value is -1.93. The number of hydrogen-bond donors (Lipinski definition) is 1. The third kappa shape index (κ3) is 3.93. The Morgan fingerprint density at radius 3 is 3.00 bits per heavy atom. The van der Waals surface area contributed by atoms with Gasteiger partial charge in [0, 0.05) is 45.7 Å². The summed E-state index contributed by atoms with van der Waals surface area (Å²) in [5, 5.41) is 23.4. The molecule has 0 aromatic carbocycles. The number of likely N-dealkylation sites (tertiary alicyclic amines) is 1. The van der Waals surface area contributed by atoms with E-state index in [1.165, 1.54) is 0 Å². The van der Waals surface area contributed by atoms with Gasteiger partial charge in [0.15, 0.2) is 0 Å². The lowest BCUT2D eigenvalue weighted by Gasteiger charge is -2.39. The molecule has 1 N–H and O–H groups in total. The molecule has 24 heavy (non-hydrogen) atoms. The van der Waals surface area contributed by atoms with E-state index < -0.39 is 5.60 Å².